The van der Waals surface area contributed by atoms with E-state index in [0.717, 1.165) is 59.6 Å². The largest absolute Gasteiger partial charge is 0.352 e. The summed E-state index contributed by atoms with van der Waals surface area (Å²) in [7, 11) is 0. The maximum atomic E-state index is 13.4. The molecule has 1 aliphatic heterocycles. The molecule has 31 heavy (non-hydrogen) atoms. The highest BCUT2D eigenvalue weighted by atomic mass is 32.1. The molecule has 1 saturated heterocycles. The summed E-state index contributed by atoms with van der Waals surface area (Å²) >= 11 is 1.63. The summed E-state index contributed by atoms with van der Waals surface area (Å²) in [5, 5.41) is 7.92. The van der Waals surface area contributed by atoms with Gasteiger partial charge >= 0.3 is 0 Å². The van der Waals surface area contributed by atoms with Gasteiger partial charge in [0, 0.05) is 37.4 Å². The van der Waals surface area contributed by atoms with Crippen LogP contribution in [0.2, 0.25) is 0 Å². The number of hydrogen-bond acceptors (Lipinski definition) is 6. The highest BCUT2D eigenvalue weighted by Gasteiger charge is 2.31. The van der Waals surface area contributed by atoms with Crippen LogP contribution in [0.1, 0.15) is 28.2 Å². The number of rotatable bonds is 3. The first-order chi connectivity index (χ1) is 15.3. The van der Waals surface area contributed by atoms with Gasteiger partial charge in [0.05, 0.1) is 11.1 Å². The fourth-order valence-corrected chi connectivity index (χ4v) is 5.42. The number of thiophene rings is 1. The Morgan fingerprint density at radius 2 is 1.81 bits per heavy atom. The average molecular weight is 431 g/mol. The minimum absolute atomic E-state index is 0.0517. The van der Waals surface area contributed by atoms with Crippen LogP contribution < -0.4 is 4.90 Å². The van der Waals surface area contributed by atoms with Crippen molar-refractivity contribution in [1.82, 2.24) is 24.6 Å². The van der Waals surface area contributed by atoms with Crippen LogP contribution >= 0.6 is 11.3 Å². The van der Waals surface area contributed by atoms with Gasteiger partial charge in [-0.1, -0.05) is 18.2 Å². The standard InChI is InChI=1S/C23H22N6OS/c30-23(20-17-7-4-8-19(17)29(26-20)16-5-2-1-3-6-16)28-12-10-27(11-13-28)21-18-9-14-31-22(18)25-15-24-21/h1-3,5-6,9,14-15H,4,7-8,10-13H2. The quantitative estimate of drug-likeness (QED) is 0.499. The molecule has 0 N–H and O–H groups in total. The van der Waals surface area contributed by atoms with Crippen LogP contribution in [0, 0.1) is 0 Å². The maximum Gasteiger partial charge on any atom is 0.274 e. The van der Waals surface area contributed by atoms with Gasteiger partial charge in [-0.25, -0.2) is 14.6 Å². The molecule has 0 bridgehead atoms. The van der Waals surface area contributed by atoms with Crippen molar-refractivity contribution in [2.24, 2.45) is 0 Å². The van der Waals surface area contributed by atoms with Gasteiger partial charge in [-0.2, -0.15) is 5.10 Å². The smallest absolute Gasteiger partial charge is 0.274 e. The van der Waals surface area contributed by atoms with Crippen molar-refractivity contribution < 1.29 is 4.79 Å². The Kier molecular flexibility index (Phi) is 4.45. The molecule has 2 aliphatic rings. The number of amides is 1. The van der Waals surface area contributed by atoms with Gasteiger partial charge < -0.3 is 9.80 Å². The number of aromatic nitrogens is 4. The second kappa shape index (κ2) is 7.46. The van der Waals surface area contributed by atoms with Gasteiger partial charge in [0.1, 0.15) is 17.0 Å². The van der Waals surface area contributed by atoms with Gasteiger partial charge in [-0.3, -0.25) is 4.79 Å². The topological polar surface area (TPSA) is 67.2 Å². The number of nitrogens with zero attached hydrogens (tertiary/aromatic N) is 6. The van der Waals surface area contributed by atoms with E-state index >= 15 is 0 Å². The molecule has 7 nitrogen and oxygen atoms in total. The van der Waals surface area contributed by atoms with Crippen molar-refractivity contribution >= 4 is 33.3 Å². The Labute approximate surface area is 184 Å². The second-order valence-corrected chi connectivity index (χ2v) is 8.89. The summed E-state index contributed by atoms with van der Waals surface area (Å²) in [6.45, 7) is 2.85. The molecule has 156 valence electrons. The van der Waals surface area contributed by atoms with Crippen LogP contribution in [-0.2, 0) is 12.8 Å². The van der Waals surface area contributed by atoms with Crippen LogP contribution in [0.4, 0.5) is 5.82 Å². The van der Waals surface area contributed by atoms with E-state index in [9.17, 15) is 4.79 Å². The summed E-state index contributed by atoms with van der Waals surface area (Å²) in [6.07, 6.45) is 4.62. The summed E-state index contributed by atoms with van der Waals surface area (Å²) in [5.41, 5.74) is 3.97. The highest BCUT2D eigenvalue weighted by molar-refractivity contribution is 7.16. The van der Waals surface area contributed by atoms with Crippen LogP contribution in [-0.4, -0.2) is 56.7 Å². The number of benzene rings is 1. The molecule has 8 heteroatoms. The number of anilines is 1. The molecule has 1 amide bonds. The van der Waals surface area contributed by atoms with E-state index in [-0.39, 0.29) is 5.91 Å². The van der Waals surface area contributed by atoms with Crippen molar-refractivity contribution in [3.63, 3.8) is 0 Å². The van der Waals surface area contributed by atoms with Crippen molar-refractivity contribution in [1.29, 1.82) is 0 Å². The Morgan fingerprint density at radius 3 is 2.65 bits per heavy atom. The van der Waals surface area contributed by atoms with E-state index in [4.69, 9.17) is 5.10 Å². The van der Waals surface area contributed by atoms with Crippen molar-refractivity contribution in [2.75, 3.05) is 31.1 Å². The minimum Gasteiger partial charge on any atom is -0.352 e. The van der Waals surface area contributed by atoms with Gasteiger partial charge in [0.15, 0.2) is 5.69 Å². The summed E-state index contributed by atoms with van der Waals surface area (Å²) < 4.78 is 1.97. The third kappa shape index (κ3) is 3.09. The SMILES string of the molecule is O=C(c1nn(-c2ccccc2)c2c1CCC2)N1CCN(c2ncnc3sccc23)CC1. The van der Waals surface area contributed by atoms with Crippen LogP contribution in [0.5, 0.6) is 0 Å². The van der Waals surface area contributed by atoms with Crippen LogP contribution in [0.15, 0.2) is 48.1 Å². The van der Waals surface area contributed by atoms with Gasteiger partial charge in [0.25, 0.3) is 5.91 Å². The van der Waals surface area contributed by atoms with Gasteiger partial charge in [-0.05, 0) is 42.8 Å². The van der Waals surface area contributed by atoms with Crippen molar-refractivity contribution in [3.05, 3.63) is 65.1 Å². The molecule has 4 aromatic rings. The number of carbonyl (C=O) groups is 1. The molecule has 0 unspecified atom stereocenters. The Bertz CT molecular complexity index is 1260. The molecule has 0 radical (unpaired) electrons. The van der Waals surface area contributed by atoms with E-state index in [0.29, 0.717) is 18.8 Å². The first-order valence-corrected chi connectivity index (χ1v) is 11.6. The number of para-hydroxylation sites is 1. The first kappa shape index (κ1) is 18.5. The fraction of sp³-hybridized carbons (Fsp3) is 0.304. The number of piperazine rings is 1. The molecule has 0 atom stereocenters. The lowest BCUT2D eigenvalue weighted by Gasteiger charge is -2.35. The zero-order valence-corrected chi connectivity index (χ0v) is 17.9. The van der Waals surface area contributed by atoms with Crippen molar-refractivity contribution in [3.8, 4) is 5.69 Å². The van der Waals surface area contributed by atoms with Crippen molar-refractivity contribution in [2.45, 2.75) is 19.3 Å². The third-order valence-corrected chi connectivity index (χ3v) is 7.06. The predicted molar refractivity (Wildman–Crippen MR) is 121 cm³/mol. The Morgan fingerprint density at radius 1 is 0.968 bits per heavy atom. The fourth-order valence-electron chi connectivity index (χ4n) is 4.69. The number of carbonyl (C=O) groups excluding carboxylic acids is 1. The van der Waals surface area contributed by atoms with Crippen LogP contribution in [0.25, 0.3) is 15.9 Å². The van der Waals surface area contributed by atoms with E-state index in [2.05, 4.69) is 20.9 Å². The molecule has 6 rings (SSSR count). The molecule has 0 spiro atoms. The lowest BCUT2D eigenvalue weighted by atomic mass is 10.1. The lowest BCUT2D eigenvalue weighted by Crippen LogP contribution is -2.49. The number of fused-ring (bicyclic) bond motifs is 2. The normalized spacial score (nSPS) is 16.1. The molecule has 4 heterocycles. The monoisotopic (exact) mass is 430 g/mol. The molecular formula is C23H22N6OS. The van der Waals surface area contributed by atoms with Gasteiger partial charge in [-0.15, -0.1) is 11.3 Å². The van der Waals surface area contributed by atoms with E-state index in [1.54, 1.807) is 17.7 Å². The third-order valence-electron chi connectivity index (χ3n) is 6.24. The highest BCUT2D eigenvalue weighted by Crippen LogP contribution is 2.30. The minimum atomic E-state index is 0.0517. The maximum absolute atomic E-state index is 13.4. The molecule has 1 aromatic carbocycles. The summed E-state index contributed by atoms with van der Waals surface area (Å²) in [5.74, 6) is 1.02. The van der Waals surface area contributed by atoms with Crippen LogP contribution in [0.3, 0.4) is 0 Å². The van der Waals surface area contributed by atoms with E-state index < -0.39 is 0 Å². The summed E-state index contributed by atoms with van der Waals surface area (Å²) in [4.78, 5) is 27.5. The van der Waals surface area contributed by atoms with E-state index in [1.165, 1.54) is 5.69 Å². The van der Waals surface area contributed by atoms with Gasteiger partial charge in [0.2, 0.25) is 0 Å². The zero-order valence-electron chi connectivity index (χ0n) is 17.1. The molecule has 1 fully saturated rings. The molecule has 1 aliphatic carbocycles. The molecule has 0 saturated carbocycles. The lowest BCUT2D eigenvalue weighted by molar-refractivity contribution is 0.0739. The Balaban J connectivity index is 1.24. The zero-order chi connectivity index (χ0) is 20.8. The predicted octanol–water partition coefficient (Wildman–Crippen LogP) is 3.33. The Hall–Kier alpha value is -3.26. The summed E-state index contributed by atoms with van der Waals surface area (Å²) in [6, 6.07) is 12.2. The average Bonchev–Trinajstić information content (AvgIpc) is 3.55. The number of hydrogen-bond donors (Lipinski definition) is 0. The molecule has 3 aromatic heterocycles. The molecular weight excluding hydrogens is 408 g/mol. The second-order valence-electron chi connectivity index (χ2n) is 7.99. The van der Waals surface area contributed by atoms with E-state index in [1.807, 2.05) is 45.3 Å². The first-order valence-electron chi connectivity index (χ1n) is 10.7.